The van der Waals surface area contributed by atoms with E-state index in [1.54, 1.807) is 6.92 Å². The molecule has 7 heteroatoms. The van der Waals surface area contributed by atoms with Gasteiger partial charge in [0.1, 0.15) is 15.8 Å². The van der Waals surface area contributed by atoms with Gasteiger partial charge in [-0.15, -0.1) is 0 Å². The monoisotopic (exact) mass is 696 g/mol. The lowest BCUT2D eigenvalue weighted by Gasteiger charge is -2.19. The normalized spacial score (nSPS) is 19.5. The second kappa shape index (κ2) is 12.3. The Morgan fingerprint density at radius 2 is 2.23 bits per heavy atom. The Balaban J connectivity index is 1.95. The molecule has 1 aliphatic carbocycles. The predicted octanol–water partition coefficient (Wildman–Crippen LogP) is 6.26. The number of aliphatic carboxylic acids is 1. The molecule has 4 nitrogen and oxygen atoms in total. The predicted molar refractivity (Wildman–Crippen MR) is 141 cm³/mol. The van der Waals surface area contributed by atoms with Gasteiger partial charge in [0.05, 0.1) is 4.47 Å². The van der Waals surface area contributed by atoms with Gasteiger partial charge in [-0.2, -0.15) is 0 Å². The summed E-state index contributed by atoms with van der Waals surface area (Å²) in [5, 5.41) is 9.23. The Kier molecular flexibility index (Phi) is 10.4. The Morgan fingerprint density at radius 1 is 1.47 bits per heavy atom. The average molecular weight is 697 g/mol. The molecule has 1 aliphatic rings. The van der Waals surface area contributed by atoms with E-state index in [1.807, 2.05) is 31.2 Å². The smallest absolute Gasteiger partial charge is 0.333 e. The number of rotatable bonds is 8. The van der Waals surface area contributed by atoms with Crippen molar-refractivity contribution in [1.82, 2.24) is 0 Å². The van der Waals surface area contributed by atoms with Gasteiger partial charge >= 0.3 is 5.97 Å². The Labute approximate surface area is 213 Å². The van der Waals surface area contributed by atoms with Crippen LogP contribution in [0.4, 0.5) is 0 Å². The number of carbonyl (C=O) groups is 1. The number of carboxylic acid groups (broad SMARTS) is 1. The molecule has 1 N–H and O–H groups in total. The van der Waals surface area contributed by atoms with Crippen molar-refractivity contribution in [3.05, 3.63) is 61.7 Å². The van der Waals surface area contributed by atoms with E-state index >= 15 is 0 Å². The summed E-state index contributed by atoms with van der Waals surface area (Å²) in [5.41, 5.74) is 1.82. The third-order valence-corrected chi connectivity index (χ3v) is 6.59. The molecule has 30 heavy (non-hydrogen) atoms. The maximum atomic E-state index is 11.3. The molecule has 0 aliphatic heterocycles. The molecule has 0 bridgehead atoms. The molecule has 1 aromatic rings. The van der Waals surface area contributed by atoms with E-state index in [0.717, 1.165) is 22.0 Å². The molecule has 0 heterocycles. The van der Waals surface area contributed by atoms with Crippen LogP contribution in [-0.4, -0.2) is 33.8 Å². The fraction of sp³-hybridized carbons (Fsp3) is 0.348. The molecular weight excluding hydrogens is 674 g/mol. The first kappa shape index (κ1) is 25.4. The number of hydrogen-bond donors (Lipinski definition) is 1. The van der Waals surface area contributed by atoms with Gasteiger partial charge in [0, 0.05) is 19.4 Å². The summed E-state index contributed by atoms with van der Waals surface area (Å²) in [6, 6.07) is 5.56. The third kappa shape index (κ3) is 8.36. The Hall–Kier alpha value is -0.830. The molecular formula is C23H23BrI2O4. The SMILES string of the molecule is CCO[C@@H](Cc1ccc(OC/C=C(\C)C#CC2(I)C=CC=C(I)C2)c(Br)c1)C(=O)O. The summed E-state index contributed by atoms with van der Waals surface area (Å²) < 4.78 is 13.0. The molecule has 0 aromatic heterocycles. The van der Waals surface area contributed by atoms with Crippen molar-refractivity contribution in [3.8, 4) is 17.6 Å². The number of carboxylic acids is 1. The van der Waals surface area contributed by atoms with Crippen LogP contribution in [0.15, 0.2) is 56.1 Å². The van der Waals surface area contributed by atoms with Crippen LogP contribution in [0, 0.1) is 11.8 Å². The molecule has 0 spiro atoms. The van der Waals surface area contributed by atoms with E-state index in [2.05, 4.69) is 91.2 Å². The molecule has 0 amide bonds. The number of ether oxygens (including phenoxy) is 2. The summed E-state index contributed by atoms with van der Waals surface area (Å²) in [7, 11) is 0. The summed E-state index contributed by atoms with van der Waals surface area (Å²) in [6.07, 6.45) is 8.63. The van der Waals surface area contributed by atoms with Gasteiger partial charge in [0.15, 0.2) is 6.10 Å². The zero-order chi connectivity index (χ0) is 22.1. The first-order valence-corrected chi connectivity index (χ1v) is 12.4. The minimum atomic E-state index is -0.960. The van der Waals surface area contributed by atoms with E-state index in [4.69, 9.17) is 9.47 Å². The maximum absolute atomic E-state index is 11.3. The molecule has 0 saturated heterocycles. The van der Waals surface area contributed by atoms with Crippen LogP contribution in [0.1, 0.15) is 25.8 Å². The first-order valence-electron chi connectivity index (χ1n) is 9.41. The van der Waals surface area contributed by atoms with E-state index in [0.29, 0.717) is 25.4 Å². The fourth-order valence-corrected chi connectivity index (χ4v) is 5.52. The molecule has 2 rings (SSSR count). The minimum absolute atomic E-state index is 0.160. The van der Waals surface area contributed by atoms with E-state index in [1.165, 1.54) is 3.58 Å². The minimum Gasteiger partial charge on any atom is -0.488 e. The van der Waals surface area contributed by atoms with Crippen molar-refractivity contribution >= 4 is 67.1 Å². The van der Waals surface area contributed by atoms with Crippen molar-refractivity contribution in [2.45, 2.75) is 36.2 Å². The number of benzene rings is 1. The first-order chi connectivity index (χ1) is 14.2. The van der Waals surface area contributed by atoms with Crippen LogP contribution >= 0.6 is 61.1 Å². The number of alkyl halides is 1. The van der Waals surface area contributed by atoms with Crippen LogP contribution in [0.3, 0.4) is 0 Å². The van der Waals surface area contributed by atoms with E-state index < -0.39 is 12.1 Å². The molecule has 160 valence electrons. The molecule has 1 unspecified atom stereocenters. The van der Waals surface area contributed by atoms with Crippen LogP contribution in [0.25, 0.3) is 0 Å². The highest BCUT2D eigenvalue weighted by Crippen LogP contribution is 2.34. The van der Waals surface area contributed by atoms with Gasteiger partial charge in [-0.05, 0) is 85.3 Å². The van der Waals surface area contributed by atoms with Crippen molar-refractivity contribution in [1.29, 1.82) is 0 Å². The van der Waals surface area contributed by atoms with Gasteiger partial charge < -0.3 is 14.6 Å². The summed E-state index contributed by atoms with van der Waals surface area (Å²) in [6.45, 7) is 4.52. The zero-order valence-corrected chi connectivity index (χ0v) is 22.7. The standard InChI is InChI=1S/C23H23BrI2O4/c1-3-29-21(22(27)28)14-17-6-7-20(19(24)13-17)30-12-9-16(2)8-11-23(26)10-4-5-18(25)15-23/h4-7,9-10,13,21H,3,12,14-15H2,1-2H3,(H,27,28)/b16-9+/t21-,23?/m0/s1. The number of halogens is 3. The Morgan fingerprint density at radius 3 is 2.87 bits per heavy atom. The highest BCUT2D eigenvalue weighted by molar-refractivity contribution is 14.1. The van der Waals surface area contributed by atoms with Crippen molar-refractivity contribution in [2.75, 3.05) is 13.2 Å². The largest absolute Gasteiger partial charge is 0.488 e. The molecule has 0 fully saturated rings. The second-order valence-electron chi connectivity index (χ2n) is 6.71. The third-order valence-electron chi connectivity index (χ3n) is 4.22. The summed E-state index contributed by atoms with van der Waals surface area (Å²) >= 11 is 8.24. The van der Waals surface area contributed by atoms with E-state index in [-0.39, 0.29) is 3.42 Å². The summed E-state index contributed by atoms with van der Waals surface area (Å²) in [4.78, 5) is 11.3. The van der Waals surface area contributed by atoms with Crippen molar-refractivity contribution in [3.63, 3.8) is 0 Å². The van der Waals surface area contributed by atoms with Crippen LogP contribution in [0.2, 0.25) is 0 Å². The molecule has 0 radical (unpaired) electrons. The highest BCUT2D eigenvalue weighted by atomic mass is 127. The topological polar surface area (TPSA) is 55.8 Å². The lowest BCUT2D eigenvalue weighted by molar-refractivity contribution is -0.149. The quantitative estimate of drug-likeness (QED) is 0.198. The van der Waals surface area contributed by atoms with Crippen molar-refractivity contribution in [2.24, 2.45) is 0 Å². The maximum Gasteiger partial charge on any atom is 0.333 e. The number of allylic oxidation sites excluding steroid dienone is 5. The van der Waals surface area contributed by atoms with Crippen molar-refractivity contribution < 1.29 is 19.4 Å². The van der Waals surface area contributed by atoms with Crippen LogP contribution in [0.5, 0.6) is 5.75 Å². The van der Waals surface area contributed by atoms with Gasteiger partial charge in [-0.1, -0.05) is 58.7 Å². The zero-order valence-electron chi connectivity index (χ0n) is 16.8. The second-order valence-corrected chi connectivity index (χ2v) is 10.9. The van der Waals surface area contributed by atoms with Gasteiger partial charge in [-0.3, -0.25) is 0 Å². The van der Waals surface area contributed by atoms with Gasteiger partial charge in [0.2, 0.25) is 0 Å². The molecule has 1 aromatic carbocycles. The van der Waals surface area contributed by atoms with Gasteiger partial charge in [-0.25, -0.2) is 4.79 Å². The lowest BCUT2D eigenvalue weighted by atomic mass is 10.0. The van der Waals surface area contributed by atoms with E-state index in [9.17, 15) is 9.90 Å². The molecule has 2 atom stereocenters. The molecule has 0 saturated carbocycles. The van der Waals surface area contributed by atoms with Crippen LogP contribution in [-0.2, 0) is 16.0 Å². The lowest BCUT2D eigenvalue weighted by Crippen LogP contribution is -2.26. The summed E-state index contributed by atoms with van der Waals surface area (Å²) in [5.74, 6) is 6.31. The van der Waals surface area contributed by atoms with Crippen LogP contribution < -0.4 is 4.74 Å². The van der Waals surface area contributed by atoms with Gasteiger partial charge in [0.25, 0.3) is 0 Å². The fourth-order valence-electron chi connectivity index (χ4n) is 2.69. The average Bonchev–Trinajstić information content (AvgIpc) is 2.67. The number of hydrogen-bond acceptors (Lipinski definition) is 3. The highest BCUT2D eigenvalue weighted by Gasteiger charge is 2.23. The Bertz CT molecular complexity index is 927.